The molecule has 0 spiro atoms. The second-order valence-corrected chi connectivity index (χ2v) is 6.12. The summed E-state index contributed by atoms with van der Waals surface area (Å²) >= 11 is 0. The van der Waals surface area contributed by atoms with Gasteiger partial charge in [0.25, 0.3) is 0 Å². The summed E-state index contributed by atoms with van der Waals surface area (Å²) in [4.78, 5) is 3.73. The second-order valence-electron chi connectivity index (χ2n) is 6.12. The van der Waals surface area contributed by atoms with E-state index < -0.39 is 18.3 Å². The Hall–Kier alpha value is -0.840. The van der Waals surface area contributed by atoms with Gasteiger partial charge >= 0.3 is 6.18 Å². The second kappa shape index (κ2) is 6.51. The molecule has 1 saturated carbocycles. The van der Waals surface area contributed by atoms with Crippen molar-refractivity contribution in [1.82, 2.24) is 15.1 Å². The maximum atomic E-state index is 12.4. The first-order chi connectivity index (χ1) is 9.87. The standard InChI is InChI=1S/C14H23F3N4/c1-19-13(10-18)4-2-3-12(9-13)21-7-5-20(6-8-21)11-14(15,16)17/h12,19H,2-9,11H2,1H3. The Labute approximate surface area is 123 Å². The molecule has 0 aromatic rings. The fraction of sp³-hybridized carbons (Fsp3) is 0.929. The molecule has 0 bridgehead atoms. The zero-order valence-corrected chi connectivity index (χ0v) is 12.4. The quantitative estimate of drug-likeness (QED) is 0.860. The highest BCUT2D eigenvalue weighted by Crippen LogP contribution is 2.31. The lowest BCUT2D eigenvalue weighted by atomic mass is 9.79. The van der Waals surface area contributed by atoms with Gasteiger partial charge in [0.05, 0.1) is 12.6 Å². The largest absolute Gasteiger partial charge is 0.401 e. The van der Waals surface area contributed by atoms with E-state index in [1.54, 1.807) is 0 Å². The molecule has 0 amide bonds. The molecular formula is C14H23F3N4. The Kier molecular flexibility index (Phi) is 5.12. The first-order valence-corrected chi connectivity index (χ1v) is 7.51. The number of piperazine rings is 1. The molecule has 1 aliphatic heterocycles. The van der Waals surface area contributed by atoms with Gasteiger partial charge in [-0.1, -0.05) is 0 Å². The van der Waals surface area contributed by atoms with Crippen LogP contribution < -0.4 is 5.32 Å². The predicted octanol–water partition coefficient (Wildman–Crippen LogP) is 1.59. The fourth-order valence-corrected chi connectivity index (χ4v) is 3.48. The van der Waals surface area contributed by atoms with Crippen LogP contribution in [0.2, 0.25) is 0 Å². The molecule has 2 unspecified atom stereocenters. The minimum Gasteiger partial charge on any atom is -0.302 e. The van der Waals surface area contributed by atoms with Gasteiger partial charge < -0.3 is 5.32 Å². The van der Waals surface area contributed by atoms with Gasteiger partial charge in [-0.05, 0) is 32.7 Å². The third-order valence-corrected chi connectivity index (χ3v) is 4.74. The average molecular weight is 304 g/mol. The molecule has 1 saturated heterocycles. The normalized spacial score (nSPS) is 32.8. The maximum absolute atomic E-state index is 12.4. The van der Waals surface area contributed by atoms with Gasteiger partial charge in [0.15, 0.2) is 0 Å². The van der Waals surface area contributed by atoms with Gasteiger partial charge in [-0.2, -0.15) is 18.4 Å². The van der Waals surface area contributed by atoms with Gasteiger partial charge in [-0.15, -0.1) is 0 Å². The van der Waals surface area contributed by atoms with Crippen LogP contribution in [0.15, 0.2) is 0 Å². The Morgan fingerprint density at radius 1 is 1.29 bits per heavy atom. The first kappa shape index (κ1) is 16.5. The number of halogens is 3. The number of alkyl halides is 3. The Bertz CT molecular complexity index is 385. The van der Waals surface area contributed by atoms with Crippen LogP contribution in [0.3, 0.4) is 0 Å². The Morgan fingerprint density at radius 3 is 2.48 bits per heavy atom. The third-order valence-electron chi connectivity index (χ3n) is 4.74. The highest BCUT2D eigenvalue weighted by Gasteiger charge is 2.39. The van der Waals surface area contributed by atoms with E-state index in [9.17, 15) is 18.4 Å². The summed E-state index contributed by atoms with van der Waals surface area (Å²) in [5.41, 5.74) is -0.466. The summed E-state index contributed by atoms with van der Waals surface area (Å²) in [6.45, 7) is 1.41. The van der Waals surface area contributed by atoms with Crippen molar-refractivity contribution in [3.63, 3.8) is 0 Å². The smallest absolute Gasteiger partial charge is 0.302 e. The summed E-state index contributed by atoms with van der Waals surface area (Å²) < 4.78 is 37.2. The van der Waals surface area contributed by atoms with Crippen LogP contribution in [0, 0.1) is 11.3 Å². The Balaban J connectivity index is 1.86. The first-order valence-electron chi connectivity index (χ1n) is 7.51. The van der Waals surface area contributed by atoms with Gasteiger partial charge in [0, 0.05) is 32.2 Å². The molecule has 2 rings (SSSR count). The summed E-state index contributed by atoms with van der Waals surface area (Å²) in [5.74, 6) is 0. The van der Waals surface area contributed by atoms with Crippen molar-refractivity contribution in [3.8, 4) is 6.07 Å². The average Bonchev–Trinajstić information content (AvgIpc) is 2.46. The van der Waals surface area contributed by atoms with E-state index in [1.165, 1.54) is 4.90 Å². The van der Waals surface area contributed by atoms with Gasteiger partial charge in [0.1, 0.15) is 5.54 Å². The van der Waals surface area contributed by atoms with Crippen LogP contribution in [-0.2, 0) is 0 Å². The van der Waals surface area contributed by atoms with Crippen LogP contribution in [-0.4, -0.2) is 67.3 Å². The van der Waals surface area contributed by atoms with E-state index in [0.29, 0.717) is 32.2 Å². The van der Waals surface area contributed by atoms with Crippen molar-refractivity contribution < 1.29 is 13.2 Å². The molecule has 21 heavy (non-hydrogen) atoms. The maximum Gasteiger partial charge on any atom is 0.401 e. The van der Waals surface area contributed by atoms with Crippen LogP contribution in [0.25, 0.3) is 0 Å². The topological polar surface area (TPSA) is 42.3 Å². The number of hydrogen-bond donors (Lipinski definition) is 1. The van der Waals surface area contributed by atoms with Crippen molar-refractivity contribution in [2.75, 3.05) is 39.8 Å². The molecule has 4 nitrogen and oxygen atoms in total. The SMILES string of the molecule is CNC1(C#N)CCCC(N2CCN(CC(F)(F)F)CC2)C1. The van der Waals surface area contributed by atoms with Crippen LogP contribution in [0.5, 0.6) is 0 Å². The molecule has 1 N–H and O–H groups in total. The van der Waals surface area contributed by atoms with Gasteiger partial charge in [-0.3, -0.25) is 9.80 Å². The molecule has 2 atom stereocenters. The van der Waals surface area contributed by atoms with Crippen LogP contribution in [0.4, 0.5) is 13.2 Å². The molecule has 120 valence electrons. The van der Waals surface area contributed by atoms with E-state index >= 15 is 0 Å². The lowest BCUT2D eigenvalue weighted by Crippen LogP contribution is -2.56. The monoisotopic (exact) mass is 304 g/mol. The highest BCUT2D eigenvalue weighted by molar-refractivity contribution is 5.10. The number of rotatable bonds is 3. The predicted molar refractivity (Wildman–Crippen MR) is 73.7 cm³/mol. The molecule has 0 aromatic carbocycles. The van der Waals surface area contributed by atoms with E-state index in [2.05, 4.69) is 16.3 Å². The summed E-state index contributed by atoms with van der Waals surface area (Å²) in [7, 11) is 1.81. The van der Waals surface area contributed by atoms with Crippen molar-refractivity contribution in [2.24, 2.45) is 0 Å². The lowest BCUT2D eigenvalue weighted by Gasteiger charge is -2.44. The lowest BCUT2D eigenvalue weighted by molar-refractivity contribution is -0.150. The summed E-state index contributed by atoms with van der Waals surface area (Å²) in [6.07, 6.45) is -0.481. The zero-order valence-electron chi connectivity index (χ0n) is 12.4. The summed E-state index contributed by atoms with van der Waals surface area (Å²) in [6, 6.07) is 2.68. The number of nitrogens with one attached hydrogen (secondary N) is 1. The zero-order chi connectivity index (χ0) is 15.5. The molecule has 0 aromatic heterocycles. The number of hydrogen-bond acceptors (Lipinski definition) is 4. The number of nitriles is 1. The minimum atomic E-state index is -4.12. The fourth-order valence-electron chi connectivity index (χ4n) is 3.48. The molecule has 1 heterocycles. The van der Waals surface area contributed by atoms with Crippen LogP contribution in [0.1, 0.15) is 25.7 Å². The van der Waals surface area contributed by atoms with Crippen molar-refractivity contribution in [2.45, 2.75) is 43.4 Å². The van der Waals surface area contributed by atoms with Crippen molar-refractivity contribution in [1.29, 1.82) is 5.26 Å². The van der Waals surface area contributed by atoms with Crippen LogP contribution >= 0.6 is 0 Å². The van der Waals surface area contributed by atoms with E-state index in [0.717, 1.165) is 25.7 Å². The molecule has 0 radical (unpaired) electrons. The van der Waals surface area contributed by atoms with Gasteiger partial charge in [0.2, 0.25) is 0 Å². The molecule has 2 fully saturated rings. The molecular weight excluding hydrogens is 281 g/mol. The van der Waals surface area contributed by atoms with Crippen molar-refractivity contribution >= 4 is 0 Å². The van der Waals surface area contributed by atoms with E-state index in [4.69, 9.17) is 0 Å². The molecule has 1 aliphatic carbocycles. The minimum absolute atomic E-state index is 0.305. The molecule has 2 aliphatic rings. The molecule has 7 heteroatoms. The van der Waals surface area contributed by atoms with Gasteiger partial charge in [-0.25, -0.2) is 0 Å². The van der Waals surface area contributed by atoms with E-state index in [-0.39, 0.29) is 0 Å². The third kappa shape index (κ3) is 4.31. The summed E-state index contributed by atoms with van der Waals surface area (Å²) in [5, 5.41) is 12.5. The Morgan fingerprint density at radius 2 is 1.95 bits per heavy atom. The number of nitrogens with zero attached hydrogens (tertiary/aromatic N) is 3. The van der Waals surface area contributed by atoms with Crippen molar-refractivity contribution in [3.05, 3.63) is 0 Å². The van der Waals surface area contributed by atoms with E-state index in [1.807, 2.05) is 7.05 Å². The highest BCUT2D eigenvalue weighted by atomic mass is 19.4.